The van der Waals surface area contributed by atoms with Crippen molar-refractivity contribution in [1.29, 1.82) is 0 Å². The van der Waals surface area contributed by atoms with Gasteiger partial charge in [-0.3, -0.25) is 20.0 Å². The summed E-state index contributed by atoms with van der Waals surface area (Å²) in [6.45, 7) is 23.2. The van der Waals surface area contributed by atoms with Gasteiger partial charge in [0, 0.05) is 19.8 Å². The first-order valence-corrected chi connectivity index (χ1v) is 26.1. The normalized spacial score (nSPS) is 31.5. The van der Waals surface area contributed by atoms with Crippen molar-refractivity contribution in [2.24, 2.45) is 45.2 Å². The van der Waals surface area contributed by atoms with E-state index in [1.165, 1.54) is 32.6 Å². The number of aliphatic hydroxyl groups excluding tert-OH is 2. The number of carbonyl (C=O) groups excluding carboxylic acids is 3. The summed E-state index contributed by atoms with van der Waals surface area (Å²) in [4.78, 5) is 44.8. The van der Waals surface area contributed by atoms with E-state index in [-0.39, 0.29) is 66.0 Å². The van der Waals surface area contributed by atoms with Crippen LogP contribution in [0.3, 0.4) is 0 Å². The minimum atomic E-state index is -1.51. The molecule has 4 aliphatic carbocycles. The number of hydrogen-bond acceptors (Lipinski definition) is 10. The van der Waals surface area contributed by atoms with Crippen molar-refractivity contribution in [3.05, 3.63) is 67.6 Å². The van der Waals surface area contributed by atoms with Crippen LogP contribution in [0.25, 0.3) is 0 Å². The molecule has 3 spiro atoms. The van der Waals surface area contributed by atoms with Crippen LogP contribution in [0.4, 0.5) is 13.6 Å². The van der Waals surface area contributed by atoms with Gasteiger partial charge in [-0.2, -0.15) is 0 Å². The highest BCUT2D eigenvalue weighted by Gasteiger charge is 2.68. The molecule has 384 valence electrons. The van der Waals surface area contributed by atoms with E-state index in [4.69, 9.17) is 32.4 Å². The Balaban J connectivity index is 0.000000202. The van der Waals surface area contributed by atoms with Crippen LogP contribution in [-0.4, -0.2) is 92.9 Å². The standard InChI is InChI=1S/C23H30BrFN2O2.C19H26BrNO3.C10H19FN2O2S/c1-13-9-22(10-14(2)19(13)28)11-16-6-7-17(24)8-18(16)23(22)20(29)27(15(3)26-23)12-21(4,5)25;1-4-24-17(23)19(21)15-7-14(20)6-5-13(15)10-18(19)8-11(2)16(22)12(3)9-18;1-9(2,3)15-8(14)13-7(16)12-6-10(4,5)11/h6-8,13-14,19,28H,9-12H2,1-5H3;5-7,11-12,16,22H,4,8-10,21H2,1-3H3;6H2,1-5H3,(H2,12,13,14,16)/t13-,14+,19?,22?,23-;11-,12+,16?,18?,19-;/m11./s1. The molecule has 0 aromatic heterocycles. The molecule has 0 saturated heterocycles. The summed E-state index contributed by atoms with van der Waals surface area (Å²) in [6.07, 6.45) is 3.02. The molecule has 2 saturated carbocycles. The first-order chi connectivity index (χ1) is 31.6. The van der Waals surface area contributed by atoms with Crippen LogP contribution < -0.4 is 16.4 Å². The smallest absolute Gasteiger partial charge is 0.413 e. The van der Waals surface area contributed by atoms with Crippen LogP contribution in [0.2, 0.25) is 0 Å². The number of benzene rings is 2. The summed E-state index contributed by atoms with van der Waals surface area (Å²) < 4.78 is 39.8. The van der Waals surface area contributed by atoms with Gasteiger partial charge in [0.1, 0.15) is 28.3 Å². The average Bonchev–Trinajstić information content (AvgIpc) is 3.71. The van der Waals surface area contributed by atoms with Crippen LogP contribution in [0.15, 0.2) is 50.3 Å². The van der Waals surface area contributed by atoms with Crippen molar-refractivity contribution in [2.75, 3.05) is 19.7 Å². The number of halogens is 4. The van der Waals surface area contributed by atoms with Gasteiger partial charge in [-0.1, -0.05) is 71.7 Å². The lowest BCUT2D eigenvalue weighted by Crippen LogP contribution is -2.60. The first-order valence-electron chi connectivity index (χ1n) is 24.1. The Hall–Kier alpha value is -3.09. The van der Waals surface area contributed by atoms with Crippen molar-refractivity contribution in [3.8, 4) is 0 Å². The number of nitrogens with one attached hydrogen (secondary N) is 2. The topological polar surface area (TPSA) is 176 Å². The number of nitrogens with two attached hydrogens (primary N) is 1. The Morgan fingerprint density at radius 2 is 1.30 bits per heavy atom. The van der Waals surface area contributed by atoms with Gasteiger partial charge in [0.15, 0.2) is 10.7 Å². The van der Waals surface area contributed by atoms with Gasteiger partial charge >= 0.3 is 12.1 Å². The SMILES string of the molecule is CC(C)(F)CNC(=S)NC(=O)OC(C)(C)C.CC1=N[C@@]2(C(=O)N1CC(C)(C)F)c1cc(Br)ccc1CC21C[C@@H](C)C(O)[C@@H](C)C1.CCOC(=O)[C@]1(N)c2cc(Br)ccc2CC12C[C@@H](C)C(O)[C@@H](C)C2. The summed E-state index contributed by atoms with van der Waals surface area (Å²) in [5, 5.41) is 26.0. The van der Waals surface area contributed by atoms with Crippen molar-refractivity contribution < 1.29 is 42.9 Å². The minimum Gasteiger partial charge on any atom is -0.464 e. The van der Waals surface area contributed by atoms with E-state index in [1.807, 2.05) is 45.0 Å². The molecule has 69 heavy (non-hydrogen) atoms. The van der Waals surface area contributed by atoms with Gasteiger partial charge in [0.05, 0.1) is 31.9 Å². The number of hydrogen-bond donors (Lipinski definition) is 5. The molecule has 17 heteroatoms. The number of nitrogens with zero attached hydrogens (tertiary/aromatic N) is 2. The van der Waals surface area contributed by atoms with E-state index in [0.717, 1.165) is 69.7 Å². The van der Waals surface area contributed by atoms with E-state index in [2.05, 4.69) is 68.5 Å². The number of amides is 2. The lowest BCUT2D eigenvalue weighted by Gasteiger charge is -2.50. The van der Waals surface area contributed by atoms with Gasteiger partial charge in [-0.15, -0.1) is 0 Å². The Labute approximate surface area is 430 Å². The fourth-order valence-electron chi connectivity index (χ4n) is 11.9. The molecule has 0 bridgehead atoms. The zero-order valence-electron chi connectivity index (χ0n) is 42.6. The molecule has 1 aliphatic heterocycles. The van der Waals surface area contributed by atoms with E-state index < -0.39 is 44.9 Å². The summed E-state index contributed by atoms with van der Waals surface area (Å²) in [6, 6.07) is 12.1. The van der Waals surface area contributed by atoms with Crippen LogP contribution in [-0.2, 0) is 43.0 Å². The predicted molar refractivity (Wildman–Crippen MR) is 277 cm³/mol. The van der Waals surface area contributed by atoms with E-state index >= 15 is 0 Å². The first kappa shape index (κ1) is 56.8. The summed E-state index contributed by atoms with van der Waals surface area (Å²) in [5.74, 6) is 0.463. The molecule has 4 unspecified atom stereocenters. The number of aliphatic hydroxyl groups is 2. The predicted octanol–water partition coefficient (Wildman–Crippen LogP) is 9.89. The molecule has 12 nitrogen and oxygen atoms in total. The average molecular weight is 1110 g/mol. The fourth-order valence-corrected chi connectivity index (χ4v) is 12.8. The Morgan fingerprint density at radius 3 is 1.77 bits per heavy atom. The molecule has 6 N–H and O–H groups in total. The van der Waals surface area contributed by atoms with Crippen molar-refractivity contribution in [3.63, 3.8) is 0 Å². The van der Waals surface area contributed by atoms with Crippen LogP contribution in [0.5, 0.6) is 0 Å². The van der Waals surface area contributed by atoms with Gasteiger partial charge in [0.25, 0.3) is 5.91 Å². The number of carbonyl (C=O) groups is 3. The summed E-state index contributed by atoms with van der Waals surface area (Å²) >= 11 is 11.9. The highest BCUT2D eigenvalue weighted by Crippen LogP contribution is 2.64. The number of aliphatic imine (C=N–C) groups is 1. The Morgan fingerprint density at radius 1 is 0.841 bits per heavy atom. The third kappa shape index (κ3) is 11.9. The second-order valence-electron chi connectivity index (χ2n) is 22.8. The molecule has 2 aromatic carbocycles. The molecular weight excluding hydrogens is 1040 g/mol. The van der Waals surface area contributed by atoms with Crippen molar-refractivity contribution >= 4 is 73.0 Å². The van der Waals surface area contributed by atoms with Crippen molar-refractivity contribution in [1.82, 2.24) is 15.5 Å². The second-order valence-corrected chi connectivity index (χ2v) is 25.0. The number of ether oxygens (including phenoxy) is 2. The molecule has 2 fully saturated rings. The Bertz CT molecular complexity index is 2270. The number of amidine groups is 1. The van der Waals surface area contributed by atoms with E-state index in [1.54, 1.807) is 27.7 Å². The summed E-state index contributed by atoms with van der Waals surface area (Å²) in [7, 11) is 0. The number of fused-ring (bicyclic) bond motifs is 4. The van der Waals surface area contributed by atoms with Gasteiger partial charge in [-0.25, -0.2) is 18.4 Å². The molecule has 2 amide bonds. The maximum Gasteiger partial charge on any atom is 0.413 e. The second kappa shape index (κ2) is 20.8. The van der Waals surface area contributed by atoms with Crippen LogP contribution >= 0.6 is 44.1 Å². The number of alkyl halides is 2. The quantitative estimate of drug-likeness (QED) is 0.138. The largest absolute Gasteiger partial charge is 0.464 e. The van der Waals surface area contributed by atoms with Crippen LogP contribution in [0.1, 0.15) is 138 Å². The molecule has 5 aliphatic rings. The number of thiocarbonyl (C=S) groups is 1. The third-order valence-corrected chi connectivity index (χ3v) is 15.7. The monoisotopic (exact) mass is 1110 g/mol. The molecule has 1 heterocycles. The third-order valence-electron chi connectivity index (χ3n) is 14.5. The van der Waals surface area contributed by atoms with E-state index in [0.29, 0.717) is 12.4 Å². The molecule has 0 radical (unpaired) electrons. The van der Waals surface area contributed by atoms with Gasteiger partial charge in [0.2, 0.25) is 0 Å². The minimum absolute atomic E-state index is 0.00390. The number of esters is 1. The summed E-state index contributed by atoms with van der Waals surface area (Å²) in [5.41, 5.74) is 4.44. The van der Waals surface area contributed by atoms with Crippen LogP contribution in [0, 0.1) is 34.5 Å². The zero-order chi connectivity index (χ0) is 52.0. The number of alkyl carbamates (subject to hydrolysis) is 1. The lowest BCUT2D eigenvalue weighted by atomic mass is 9.56. The fraction of sp³-hybridized carbons (Fsp3) is 0.673. The highest BCUT2D eigenvalue weighted by atomic mass is 79.9. The Kier molecular flexibility index (Phi) is 17.1. The maximum absolute atomic E-state index is 14.5. The molecule has 2 aromatic rings. The zero-order valence-corrected chi connectivity index (χ0v) is 46.6. The van der Waals surface area contributed by atoms with Gasteiger partial charge in [-0.05, 0) is 183 Å². The molecular formula is C52H75Br2F2N5O7S. The number of rotatable bonds is 6. The van der Waals surface area contributed by atoms with Crippen molar-refractivity contribution in [2.45, 2.75) is 169 Å². The maximum atomic E-state index is 14.5. The molecule has 7 rings (SSSR count). The van der Waals surface area contributed by atoms with Gasteiger partial charge < -0.3 is 30.7 Å². The van der Waals surface area contributed by atoms with E-state index in [9.17, 15) is 33.4 Å². The highest BCUT2D eigenvalue weighted by molar-refractivity contribution is 9.10. The lowest BCUT2D eigenvalue weighted by molar-refractivity contribution is -0.160. The molecule has 10 atom stereocenters.